The topological polar surface area (TPSA) is 83.9 Å². The number of pyridine rings is 1. The number of nitrogens with one attached hydrogen (secondary N) is 1. The molecule has 0 fully saturated rings. The minimum atomic E-state index is -0.240. The Morgan fingerprint density at radius 2 is 1.97 bits per heavy atom. The molecule has 1 aromatic carbocycles. The molecule has 0 aliphatic carbocycles. The maximum absolute atomic E-state index is 12.5. The normalized spacial score (nSPS) is 12.8. The highest BCUT2D eigenvalue weighted by molar-refractivity contribution is 6.08. The molecule has 29 heavy (non-hydrogen) atoms. The zero-order valence-electron chi connectivity index (χ0n) is 16.8. The van der Waals surface area contributed by atoms with Crippen LogP contribution in [0.1, 0.15) is 30.9 Å². The zero-order valence-corrected chi connectivity index (χ0v) is 16.8. The lowest BCUT2D eigenvalue weighted by atomic mass is 10.1. The molecule has 0 unspecified atom stereocenters. The Hall–Kier alpha value is -3.48. The fraction of sp³-hybridized carbons (Fsp3) is 0.273. The molecule has 1 aromatic heterocycles. The highest BCUT2D eigenvalue weighted by Gasteiger charge is 2.17. The summed E-state index contributed by atoms with van der Waals surface area (Å²) in [5.74, 6) is 0.307. The van der Waals surface area contributed by atoms with Gasteiger partial charge in [0.25, 0.3) is 5.91 Å². The lowest BCUT2D eigenvalue weighted by Gasteiger charge is -2.16. The summed E-state index contributed by atoms with van der Waals surface area (Å²) >= 11 is 0. The second-order valence-electron chi connectivity index (χ2n) is 6.56. The fourth-order valence-electron chi connectivity index (χ4n) is 3.02. The second kappa shape index (κ2) is 9.14. The van der Waals surface area contributed by atoms with E-state index in [1.54, 1.807) is 31.3 Å². The third kappa shape index (κ3) is 4.68. The Morgan fingerprint density at radius 3 is 2.66 bits per heavy atom. The summed E-state index contributed by atoms with van der Waals surface area (Å²) in [6.07, 6.45) is 4.49. The largest absolute Gasteiger partial charge is 0.481 e. The maximum atomic E-state index is 12.5. The van der Waals surface area contributed by atoms with Crippen LogP contribution in [0.3, 0.4) is 0 Å². The lowest BCUT2D eigenvalue weighted by Crippen LogP contribution is -2.25. The van der Waals surface area contributed by atoms with Crippen molar-refractivity contribution in [3.8, 4) is 5.88 Å². The summed E-state index contributed by atoms with van der Waals surface area (Å²) in [6.45, 7) is 2.15. The number of anilines is 1. The maximum Gasteiger partial charge on any atom is 0.269 e. The molecule has 150 valence electrons. The molecule has 0 bridgehead atoms. The summed E-state index contributed by atoms with van der Waals surface area (Å²) in [5, 5.41) is 2.85. The number of methoxy groups -OCH3 is 1. The van der Waals surface area contributed by atoms with E-state index in [2.05, 4.69) is 15.3 Å². The van der Waals surface area contributed by atoms with Gasteiger partial charge in [-0.15, -0.1) is 0 Å². The van der Waals surface area contributed by atoms with Crippen LogP contribution < -0.4 is 15.0 Å². The second-order valence-corrected chi connectivity index (χ2v) is 6.56. The molecule has 2 aromatic rings. The number of carbonyl (C=O) groups is 2. The Morgan fingerprint density at radius 1 is 1.21 bits per heavy atom. The first kappa shape index (κ1) is 20.3. The number of nitrogens with zero attached hydrogens (tertiary/aromatic N) is 3. The van der Waals surface area contributed by atoms with Gasteiger partial charge in [-0.2, -0.15) is 0 Å². The molecule has 1 N–H and O–H groups in total. The minimum absolute atomic E-state index is 0.0572. The van der Waals surface area contributed by atoms with Gasteiger partial charge in [0.2, 0.25) is 11.8 Å². The van der Waals surface area contributed by atoms with Crippen LogP contribution in [-0.4, -0.2) is 36.7 Å². The van der Waals surface area contributed by atoms with E-state index in [1.807, 2.05) is 43.3 Å². The first-order chi connectivity index (χ1) is 14.0. The van der Waals surface area contributed by atoms with Gasteiger partial charge in [0.05, 0.1) is 12.8 Å². The summed E-state index contributed by atoms with van der Waals surface area (Å²) in [6, 6.07) is 11.3. The number of aliphatic imine (C=N–C) groups is 1. The Labute approximate surface area is 170 Å². The smallest absolute Gasteiger partial charge is 0.269 e. The van der Waals surface area contributed by atoms with Crippen molar-refractivity contribution in [3.63, 3.8) is 0 Å². The molecule has 2 heterocycles. The summed E-state index contributed by atoms with van der Waals surface area (Å²) in [7, 11) is 3.31. The van der Waals surface area contributed by atoms with E-state index in [0.29, 0.717) is 31.0 Å². The van der Waals surface area contributed by atoms with E-state index in [9.17, 15) is 9.59 Å². The molecule has 1 aliphatic heterocycles. The van der Waals surface area contributed by atoms with E-state index >= 15 is 0 Å². The van der Waals surface area contributed by atoms with Gasteiger partial charge in [0.15, 0.2) is 0 Å². The average Bonchev–Trinajstić information content (AvgIpc) is 3.27. The number of aromatic nitrogens is 1. The highest BCUT2D eigenvalue weighted by atomic mass is 16.5. The molecule has 0 spiro atoms. The molecule has 7 heteroatoms. The van der Waals surface area contributed by atoms with Crippen molar-refractivity contribution >= 4 is 23.2 Å². The Bertz CT molecular complexity index is 964. The standard InChI is InChI=1S/C22H24N4O3/c1-4-20(27)26(2)17-9-7-15(8-10-17)18-11-12-19(25-18)21(28)24-14-16-6-5-13-23-22(16)29-3/h5-10,12-13H,4,11,14H2,1-3H3,(H,24,28). The van der Waals surface area contributed by atoms with Gasteiger partial charge < -0.3 is 15.0 Å². The van der Waals surface area contributed by atoms with Crippen LogP contribution in [0.15, 0.2) is 59.4 Å². The van der Waals surface area contributed by atoms with Crippen LogP contribution in [0.25, 0.3) is 0 Å². The van der Waals surface area contributed by atoms with Crippen molar-refractivity contribution in [1.82, 2.24) is 10.3 Å². The van der Waals surface area contributed by atoms with Crippen LogP contribution in [0.4, 0.5) is 5.69 Å². The molecule has 3 rings (SSSR count). The molecule has 2 amide bonds. The molecular weight excluding hydrogens is 368 g/mol. The fourth-order valence-corrected chi connectivity index (χ4v) is 3.02. The number of ether oxygens (including phenoxy) is 1. The molecule has 0 atom stereocenters. The van der Waals surface area contributed by atoms with Gasteiger partial charge in [-0.05, 0) is 29.8 Å². The van der Waals surface area contributed by atoms with Crippen LogP contribution in [0.5, 0.6) is 5.88 Å². The number of hydrogen-bond donors (Lipinski definition) is 1. The molecular formula is C22H24N4O3. The summed E-state index contributed by atoms with van der Waals surface area (Å²) < 4.78 is 5.20. The van der Waals surface area contributed by atoms with Gasteiger partial charge >= 0.3 is 0 Å². The first-order valence-electron chi connectivity index (χ1n) is 9.44. The van der Waals surface area contributed by atoms with Crippen LogP contribution in [0, 0.1) is 0 Å². The number of rotatable bonds is 7. The van der Waals surface area contributed by atoms with E-state index in [-0.39, 0.29) is 11.8 Å². The summed E-state index contributed by atoms with van der Waals surface area (Å²) in [4.78, 5) is 34.5. The van der Waals surface area contributed by atoms with Crippen LogP contribution >= 0.6 is 0 Å². The summed E-state index contributed by atoms with van der Waals surface area (Å²) in [5.41, 5.74) is 3.78. The molecule has 7 nitrogen and oxygen atoms in total. The first-order valence-corrected chi connectivity index (χ1v) is 9.44. The number of hydrogen-bond acceptors (Lipinski definition) is 5. The van der Waals surface area contributed by atoms with Crippen LogP contribution in [-0.2, 0) is 16.1 Å². The van der Waals surface area contributed by atoms with Gasteiger partial charge in [-0.1, -0.05) is 25.1 Å². The number of amides is 2. The average molecular weight is 392 g/mol. The third-order valence-corrected chi connectivity index (χ3v) is 4.72. The van der Waals surface area contributed by atoms with Crippen LogP contribution in [0.2, 0.25) is 0 Å². The highest BCUT2D eigenvalue weighted by Crippen LogP contribution is 2.21. The number of allylic oxidation sites excluding steroid dienone is 1. The van der Waals surface area contributed by atoms with E-state index in [4.69, 9.17) is 4.74 Å². The third-order valence-electron chi connectivity index (χ3n) is 4.72. The zero-order chi connectivity index (χ0) is 20.8. The molecule has 0 radical (unpaired) electrons. The SMILES string of the molecule is CCC(=O)N(C)c1ccc(C2=NC(C(=O)NCc3cccnc3OC)=CC2)cc1. The van der Waals surface area contributed by atoms with E-state index in [0.717, 1.165) is 22.5 Å². The predicted molar refractivity (Wildman–Crippen MR) is 112 cm³/mol. The van der Waals surface area contributed by atoms with Gasteiger partial charge in [-0.25, -0.2) is 9.98 Å². The van der Waals surface area contributed by atoms with Gasteiger partial charge in [-0.3, -0.25) is 9.59 Å². The van der Waals surface area contributed by atoms with E-state index in [1.165, 1.54) is 0 Å². The predicted octanol–water partition coefficient (Wildman–Crippen LogP) is 2.86. The number of carbonyl (C=O) groups excluding carboxylic acids is 2. The lowest BCUT2D eigenvalue weighted by molar-refractivity contribution is -0.118. The Balaban J connectivity index is 1.63. The minimum Gasteiger partial charge on any atom is -0.481 e. The van der Waals surface area contributed by atoms with Crippen molar-refractivity contribution in [1.29, 1.82) is 0 Å². The van der Waals surface area contributed by atoms with Gasteiger partial charge in [0, 0.05) is 43.9 Å². The van der Waals surface area contributed by atoms with Crippen molar-refractivity contribution in [2.45, 2.75) is 26.3 Å². The van der Waals surface area contributed by atoms with Gasteiger partial charge in [0.1, 0.15) is 5.70 Å². The molecule has 0 saturated carbocycles. The van der Waals surface area contributed by atoms with Crippen molar-refractivity contribution < 1.29 is 14.3 Å². The van der Waals surface area contributed by atoms with E-state index < -0.39 is 0 Å². The van der Waals surface area contributed by atoms with Crippen molar-refractivity contribution in [3.05, 3.63) is 65.5 Å². The monoisotopic (exact) mass is 392 g/mol. The molecule has 0 saturated heterocycles. The quantitative estimate of drug-likeness (QED) is 0.785. The van der Waals surface area contributed by atoms with Crippen molar-refractivity contribution in [2.75, 3.05) is 19.1 Å². The number of benzene rings is 1. The van der Waals surface area contributed by atoms with Crippen molar-refractivity contribution in [2.24, 2.45) is 4.99 Å². The molecule has 1 aliphatic rings. The Kier molecular flexibility index (Phi) is 6.39.